The van der Waals surface area contributed by atoms with Crippen molar-refractivity contribution in [1.82, 2.24) is 0 Å². The van der Waals surface area contributed by atoms with Gasteiger partial charge in [0.2, 0.25) is 0 Å². The fourth-order valence-corrected chi connectivity index (χ4v) is 1.09. The molecule has 0 aromatic heterocycles. The van der Waals surface area contributed by atoms with Gasteiger partial charge in [0.15, 0.2) is 0 Å². The summed E-state index contributed by atoms with van der Waals surface area (Å²) >= 11 is 0. The van der Waals surface area contributed by atoms with E-state index in [0.29, 0.717) is 18.0 Å². The van der Waals surface area contributed by atoms with Crippen LogP contribution in [-0.4, -0.2) is 13.7 Å². The minimum Gasteiger partial charge on any atom is -0.495 e. The van der Waals surface area contributed by atoms with Crippen LogP contribution >= 0.6 is 0 Å². The van der Waals surface area contributed by atoms with Crippen LogP contribution in [0.2, 0.25) is 0 Å². The van der Waals surface area contributed by atoms with E-state index in [1.807, 2.05) is 12.1 Å². The first-order chi connectivity index (χ1) is 6.19. The van der Waals surface area contributed by atoms with Crippen LogP contribution in [0.3, 0.4) is 0 Å². The number of anilines is 1. The van der Waals surface area contributed by atoms with Gasteiger partial charge < -0.3 is 21.9 Å². The summed E-state index contributed by atoms with van der Waals surface area (Å²) in [6.45, 7) is 0.410. The molecule has 0 aliphatic carbocycles. The second-order valence-corrected chi connectivity index (χ2v) is 2.84. The first kappa shape index (κ1) is 9.83. The molecule has 0 aliphatic heterocycles. The maximum absolute atomic E-state index is 5.75. The van der Waals surface area contributed by atoms with Crippen molar-refractivity contribution in [3.05, 3.63) is 23.8 Å². The van der Waals surface area contributed by atoms with Crippen LogP contribution in [0.15, 0.2) is 18.2 Å². The van der Waals surface area contributed by atoms with Gasteiger partial charge in [-0.25, -0.2) is 0 Å². The molecule has 0 saturated heterocycles. The molecule has 1 atom stereocenters. The van der Waals surface area contributed by atoms with Crippen LogP contribution in [0, 0.1) is 0 Å². The zero-order chi connectivity index (χ0) is 9.84. The summed E-state index contributed by atoms with van der Waals surface area (Å²) in [5.41, 5.74) is 18.4. The van der Waals surface area contributed by atoms with Crippen molar-refractivity contribution >= 4 is 5.69 Å². The van der Waals surface area contributed by atoms with E-state index in [1.165, 1.54) is 0 Å². The molecule has 0 heterocycles. The molecular formula is C9H15N3O. The third kappa shape index (κ3) is 2.11. The van der Waals surface area contributed by atoms with Crippen molar-refractivity contribution in [3.63, 3.8) is 0 Å². The van der Waals surface area contributed by atoms with Gasteiger partial charge in [-0.1, -0.05) is 6.07 Å². The second-order valence-electron chi connectivity index (χ2n) is 2.84. The lowest BCUT2D eigenvalue weighted by Crippen LogP contribution is -2.20. The van der Waals surface area contributed by atoms with Crippen molar-refractivity contribution in [2.24, 2.45) is 11.5 Å². The van der Waals surface area contributed by atoms with Crippen LogP contribution in [0.5, 0.6) is 5.75 Å². The Bertz CT molecular complexity index is 288. The first-order valence-electron chi connectivity index (χ1n) is 4.08. The summed E-state index contributed by atoms with van der Waals surface area (Å²) in [4.78, 5) is 0. The van der Waals surface area contributed by atoms with Crippen molar-refractivity contribution in [2.45, 2.75) is 6.04 Å². The predicted molar refractivity (Wildman–Crippen MR) is 53.4 cm³/mol. The Morgan fingerprint density at radius 3 is 2.69 bits per heavy atom. The lowest BCUT2D eigenvalue weighted by molar-refractivity contribution is 0.416. The van der Waals surface area contributed by atoms with Gasteiger partial charge in [-0.2, -0.15) is 0 Å². The maximum atomic E-state index is 5.75. The Balaban J connectivity index is 2.99. The molecule has 0 amide bonds. The molecule has 1 unspecified atom stereocenters. The number of benzene rings is 1. The van der Waals surface area contributed by atoms with E-state index in [9.17, 15) is 0 Å². The van der Waals surface area contributed by atoms with Crippen LogP contribution in [0.25, 0.3) is 0 Å². The molecule has 4 nitrogen and oxygen atoms in total. The molecule has 4 heteroatoms. The molecular weight excluding hydrogens is 166 g/mol. The van der Waals surface area contributed by atoms with Crippen molar-refractivity contribution in [1.29, 1.82) is 0 Å². The summed E-state index contributed by atoms with van der Waals surface area (Å²) in [5.74, 6) is 0.640. The fourth-order valence-electron chi connectivity index (χ4n) is 1.09. The zero-order valence-electron chi connectivity index (χ0n) is 7.66. The molecule has 0 saturated carbocycles. The van der Waals surface area contributed by atoms with E-state index in [2.05, 4.69) is 0 Å². The number of rotatable bonds is 3. The molecule has 0 aliphatic rings. The highest BCUT2D eigenvalue weighted by atomic mass is 16.5. The predicted octanol–water partition coefficient (Wildman–Crippen LogP) is 0.236. The van der Waals surface area contributed by atoms with E-state index >= 15 is 0 Å². The monoisotopic (exact) mass is 181 g/mol. The Hall–Kier alpha value is -1.26. The number of hydrogen-bond donors (Lipinski definition) is 3. The van der Waals surface area contributed by atoms with Crippen LogP contribution in [0.1, 0.15) is 11.6 Å². The molecule has 72 valence electrons. The third-order valence-corrected chi connectivity index (χ3v) is 1.94. The highest BCUT2D eigenvalue weighted by Crippen LogP contribution is 2.24. The number of nitrogen functional groups attached to an aromatic ring is 1. The van der Waals surface area contributed by atoms with E-state index < -0.39 is 0 Å². The molecule has 0 fully saturated rings. The minimum atomic E-state index is -0.158. The lowest BCUT2D eigenvalue weighted by atomic mass is 10.1. The van der Waals surface area contributed by atoms with Gasteiger partial charge in [-0.15, -0.1) is 0 Å². The van der Waals surface area contributed by atoms with E-state index in [4.69, 9.17) is 21.9 Å². The molecule has 1 rings (SSSR count). The van der Waals surface area contributed by atoms with Gasteiger partial charge >= 0.3 is 0 Å². The minimum absolute atomic E-state index is 0.158. The number of hydrogen-bond acceptors (Lipinski definition) is 4. The van der Waals surface area contributed by atoms with E-state index in [1.54, 1.807) is 13.2 Å². The Kier molecular flexibility index (Phi) is 3.11. The van der Waals surface area contributed by atoms with Crippen LogP contribution in [0.4, 0.5) is 5.69 Å². The highest BCUT2D eigenvalue weighted by Gasteiger charge is 2.06. The summed E-state index contributed by atoms with van der Waals surface area (Å²) in [6, 6.07) is 5.28. The third-order valence-electron chi connectivity index (χ3n) is 1.94. The summed E-state index contributed by atoms with van der Waals surface area (Å²) in [5, 5.41) is 0. The van der Waals surface area contributed by atoms with Gasteiger partial charge in [0.25, 0.3) is 0 Å². The normalized spacial score (nSPS) is 12.5. The highest BCUT2D eigenvalue weighted by molar-refractivity contribution is 5.54. The topological polar surface area (TPSA) is 87.3 Å². The molecule has 6 N–H and O–H groups in total. The number of nitrogens with two attached hydrogens (primary N) is 3. The van der Waals surface area contributed by atoms with Gasteiger partial charge in [0.1, 0.15) is 5.75 Å². The van der Waals surface area contributed by atoms with Crippen LogP contribution < -0.4 is 21.9 Å². The Morgan fingerprint density at radius 1 is 1.46 bits per heavy atom. The van der Waals surface area contributed by atoms with E-state index in [-0.39, 0.29) is 6.04 Å². The Labute approximate surface area is 77.7 Å². The summed E-state index contributed by atoms with van der Waals surface area (Å²) < 4.78 is 5.06. The lowest BCUT2D eigenvalue weighted by Gasteiger charge is -2.11. The van der Waals surface area contributed by atoms with Crippen LogP contribution in [-0.2, 0) is 0 Å². The van der Waals surface area contributed by atoms with E-state index in [0.717, 1.165) is 5.56 Å². The van der Waals surface area contributed by atoms with Crippen molar-refractivity contribution < 1.29 is 4.74 Å². The average Bonchev–Trinajstić information content (AvgIpc) is 2.17. The van der Waals surface area contributed by atoms with Gasteiger partial charge in [-0.3, -0.25) is 0 Å². The number of ether oxygens (including phenoxy) is 1. The quantitative estimate of drug-likeness (QED) is 0.583. The molecule has 0 bridgehead atoms. The standard InChI is InChI=1S/C9H15N3O/c1-13-9-4-6(8(12)5-10)2-3-7(9)11/h2-4,8H,5,10-12H2,1H3. The molecule has 0 spiro atoms. The second kappa shape index (κ2) is 4.11. The fraction of sp³-hybridized carbons (Fsp3) is 0.333. The molecule has 1 aromatic carbocycles. The number of methoxy groups -OCH3 is 1. The first-order valence-corrected chi connectivity index (χ1v) is 4.08. The molecule has 13 heavy (non-hydrogen) atoms. The molecule has 1 aromatic rings. The SMILES string of the molecule is COc1cc(C(N)CN)ccc1N. The largest absolute Gasteiger partial charge is 0.495 e. The van der Waals surface area contributed by atoms with Crippen molar-refractivity contribution in [3.8, 4) is 5.75 Å². The van der Waals surface area contributed by atoms with Gasteiger partial charge in [0.05, 0.1) is 12.8 Å². The van der Waals surface area contributed by atoms with Gasteiger partial charge in [0, 0.05) is 12.6 Å². The Morgan fingerprint density at radius 2 is 2.15 bits per heavy atom. The molecule has 0 radical (unpaired) electrons. The summed E-state index contributed by atoms with van der Waals surface area (Å²) in [6.07, 6.45) is 0. The maximum Gasteiger partial charge on any atom is 0.142 e. The summed E-state index contributed by atoms with van der Waals surface area (Å²) in [7, 11) is 1.57. The smallest absolute Gasteiger partial charge is 0.142 e. The average molecular weight is 181 g/mol. The zero-order valence-corrected chi connectivity index (χ0v) is 7.66. The van der Waals surface area contributed by atoms with Gasteiger partial charge in [-0.05, 0) is 17.7 Å². The van der Waals surface area contributed by atoms with Crippen molar-refractivity contribution in [2.75, 3.05) is 19.4 Å².